The van der Waals surface area contributed by atoms with Crippen molar-refractivity contribution in [2.24, 2.45) is 0 Å². The van der Waals surface area contributed by atoms with E-state index < -0.39 is 11.6 Å². The summed E-state index contributed by atoms with van der Waals surface area (Å²) in [7, 11) is 0. The maximum atomic E-state index is 13.8. The summed E-state index contributed by atoms with van der Waals surface area (Å²) < 4.78 is 44.5. The smallest absolute Gasteiger partial charge is 0.340 e. The third-order valence-electron chi connectivity index (χ3n) is 7.57. The summed E-state index contributed by atoms with van der Waals surface area (Å²) in [4.78, 5) is 22.2. The first-order valence-corrected chi connectivity index (χ1v) is 13.0. The first kappa shape index (κ1) is 26.9. The summed E-state index contributed by atoms with van der Waals surface area (Å²) in [5, 5.41) is 7.22. The van der Waals surface area contributed by atoms with Gasteiger partial charge in [0.1, 0.15) is 11.2 Å². The van der Waals surface area contributed by atoms with Crippen LogP contribution in [0.3, 0.4) is 0 Å². The zero-order valence-electron chi connectivity index (χ0n) is 22.9. The monoisotopic (exact) mass is 538 g/mol. The predicted octanol–water partition coefficient (Wildman–Crippen LogP) is 6.13. The number of halogens is 3. The van der Waals surface area contributed by atoms with Gasteiger partial charge in [0.15, 0.2) is 5.82 Å². The average Bonchev–Trinajstić information content (AvgIpc) is 3.15. The molecule has 0 saturated heterocycles. The van der Waals surface area contributed by atoms with E-state index in [1.807, 2.05) is 19.9 Å². The molecule has 206 valence electrons. The van der Waals surface area contributed by atoms with Gasteiger partial charge in [-0.05, 0) is 89.9 Å². The molecular formula is C29H33F3N6O. The highest BCUT2D eigenvalue weighted by atomic mass is 19.4. The Bertz CT molecular complexity index is 1610. The quantitative estimate of drug-likeness (QED) is 0.320. The largest absolute Gasteiger partial charge is 0.399 e. The number of aromatic nitrogens is 4. The number of rotatable bonds is 5. The normalized spacial score (nSPS) is 15.5. The summed E-state index contributed by atoms with van der Waals surface area (Å²) in [6, 6.07) is 12.2. The second-order valence-corrected chi connectivity index (χ2v) is 11.4. The van der Waals surface area contributed by atoms with Crippen molar-refractivity contribution in [2.75, 3.05) is 11.9 Å². The van der Waals surface area contributed by atoms with Gasteiger partial charge >= 0.3 is 6.18 Å². The Kier molecular flexibility index (Phi) is 6.37. The minimum Gasteiger partial charge on any atom is -0.340 e. The van der Waals surface area contributed by atoms with Crippen molar-refractivity contribution in [1.29, 1.82) is 0 Å². The van der Waals surface area contributed by atoms with Crippen LogP contribution in [0.25, 0.3) is 16.7 Å². The van der Waals surface area contributed by atoms with Gasteiger partial charge in [0, 0.05) is 29.5 Å². The zero-order valence-corrected chi connectivity index (χ0v) is 22.9. The van der Waals surface area contributed by atoms with E-state index in [4.69, 9.17) is 0 Å². The molecule has 2 N–H and O–H groups in total. The van der Waals surface area contributed by atoms with E-state index in [-0.39, 0.29) is 28.7 Å². The molecule has 0 saturated carbocycles. The van der Waals surface area contributed by atoms with Crippen LogP contribution in [-0.4, -0.2) is 32.1 Å². The van der Waals surface area contributed by atoms with Gasteiger partial charge in [-0.15, -0.1) is 0 Å². The van der Waals surface area contributed by atoms with Gasteiger partial charge in [0.05, 0.1) is 16.6 Å². The molecular weight excluding hydrogens is 505 g/mol. The van der Waals surface area contributed by atoms with Crippen LogP contribution in [0.1, 0.15) is 64.4 Å². The SMILES string of the molecule is CC(C)n1c(=O)c2cnc(Nc3ccc4c(c3)CCNC4(C)C)cc2n1-c1cccc(C(C)(C)C(F)(F)F)n1. The molecule has 1 aromatic carbocycles. The fourth-order valence-electron chi connectivity index (χ4n) is 5.16. The summed E-state index contributed by atoms with van der Waals surface area (Å²) >= 11 is 0. The van der Waals surface area contributed by atoms with Gasteiger partial charge in [-0.3, -0.25) is 4.79 Å². The molecule has 0 aliphatic carbocycles. The molecule has 4 heterocycles. The van der Waals surface area contributed by atoms with Crippen LogP contribution in [0.15, 0.2) is 53.5 Å². The second kappa shape index (κ2) is 9.22. The number of hydrogen-bond donors (Lipinski definition) is 2. The van der Waals surface area contributed by atoms with Crippen LogP contribution in [-0.2, 0) is 17.4 Å². The molecule has 0 amide bonds. The summed E-state index contributed by atoms with van der Waals surface area (Å²) in [6.07, 6.45) is -2.08. The lowest BCUT2D eigenvalue weighted by atomic mass is 9.85. The van der Waals surface area contributed by atoms with E-state index in [1.54, 1.807) is 16.8 Å². The molecule has 0 bridgehead atoms. The number of nitrogens with zero attached hydrogens (tertiary/aromatic N) is 4. The summed E-state index contributed by atoms with van der Waals surface area (Å²) in [5.74, 6) is 0.739. The molecule has 5 rings (SSSR count). The fraction of sp³-hybridized carbons (Fsp3) is 0.414. The maximum Gasteiger partial charge on any atom is 0.399 e. The fourth-order valence-corrected chi connectivity index (χ4v) is 5.16. The summed E-state index contributed by atoms with van der Waals surface area (Å²) in [5.41, 5.74) is 1.17. The van der Waals surface area contributed by atoms with Crippen LogP contribution in [0.2, 0.25) is 0 Å². The molecule has 1 aliphatic heterocycles. The molecule has 0 fully saturated rings. The van der Waals surface area contributed by atoms with Crippen LogP contribution in [0.4, 0.5) is 24.7 Å². The molecule has 0 radical (unpaired) electrons. The molecule has 0 atom stereocenters. The highest BCUT2D eigenvalue weighted by molar-refractivity contribution is 5.82. The predicted molar refractivity (Wildman–Crippen MR) is 147 cm³/mol. The maximum absolute atomic E-state index is 13.8. The number of hydrogen-bond acceptors (Lipinski definition) is 5. The van der Waals surface area contributed by atoms with Crippen LogP contribution >= 0.6 is 0 Å². The number of nitrogens with one attached hydrogen (secondary N) is 2. The lowest BCUT2D eigenvalue weighted by Crippen LogP contribution is -2.42. The van der Waals surface area contributed by atoms with Gasteiger partial charge < -0.3 is 10.6 Å². The van der Waals surface area contributed by atoms with Crippen molar-refractivity contribution in [3.63, 3.8) is 0 Å². The lowest BCUT2D eigenvalue weighted by molar-refractivity contribution is -0.181. The summed E-state index contributed by atoms with van der Waals surface area (Å²) in [6.45, 7) is 11.1. The number of fused-ring (bicyclic) bond motifs is 2. The number of anilines is 2. The molecule has 3 aromatic heterocycles. The Morgan fingerprint density at radius 1 is 1.10 bits per heavy atom. The molecule has 0 unspecified atom stereocenters. The third-order valence-corrected chi connectivity index (χ3v) is 7.57. The highest BCUT2D eigenvalue weighted by Gasteiger charge is 2.49. The first-order valence-electron chi connectivity index (χ1n) is 13.0. The van der Waals surface area contributed by atoms with Gasteiger partial charge in [0.25, 0.3) is 5.56 Å². The second-order valence-electron chi connectivity index (χ2n) is 11.4. The van der Waals surface area contributed by atoms with Gasteiger partial charge in [0.2, 0.25) is 0 Å². The van der Waals surface area contributed by atoms with Crippen molar-refractivity contribution >= 4 is 22.4 Å². The van der Waals surface area contributed by atoms with E-state index in [9.17, 15) is 18.0 Å². The molecule has 0 spiro atoms. The zero-order chi connectivity index (χ0) is 28.3. The van der Waals surface area contributed by atoms with E-state index in [2.05, 4.69) is 46.6 Å². The van der Waals surface area contributed by atoms with E-state index in [1.165, 1.54) is 34.1 Å². The minimum atomic E-state index is -4.49. The van der Waals surface area contributed by atoms with Crippen LogP contribution in [0.5, 0.6) is 0 Å². The van der Waals surface area contributed by atoms with E-state index in [0.29, 0.717) is 16.7 Å². The van der Waals surface area contributed by atoms with E-state index in [0.717, 1.165) is 32.5 Å². The van der Waals surface area contributed by atoms with Crippen molar-refractivity contribution in [3.8, 4) is 5.82 Å². The Morgan fingerprint density at radius 3 is 2.54 bits per heavy atom. The van der Waals surface area contributed by atoms with Crippen molar-refractivity contribution < 1.29 is 13.2 Å². The first-order chi connectivity index (χ1) is 18.2. The van der Waals surface area contributed by atoms with E-state index >= 15 is 0 Å². The van der Waals surface area contributed by atoms with Crippen molar-refractivity contribution in [1.82, 2.24) is 24.6 Å². The molecule has 7 nitrogen and oxygen atoms in total. The Morgan fingerprint density at radius 2 is 1.85 bits per heavy atom. The Labute approximate surface area is 225 Å². The van der Waals surface area contributed by atoms with Crippen LogP contribution < -0.4 is 16.2 Å². The number of pyridine rings is 2. The molecule has 1 aliphatic rings. The number of benzene rings is 1. The highest BCUT2D eigenvalue weighted by Crippen LogP contribution is 2.40. The molecule has 10 heteroatoms. The molecule has 39 heavy (non-hydrogen) atoms. The third kappa shape index (κ3) is 4.60. The van der Waals surface area contributed by atoms with Gasteiger partial charge in [-0.25, -0.2) is 19.3 Å². The van der Waals surface area contributed by atoms with Gasteiger partial charge in [-0.1, -0.05) is 12.1 Å². The Hall–Kier alpha value is -3.66. The topological polar surface area (TPSA) is 76.8 Å². The lowest BCUT2D eigenvalue weighted by Gasteiger charge is -2.34. The van der Waals surface area contributed by atoms with Crippen molar-refractivity contribution in [2.45, 2.75) is 71.1 Å². The van der Waals surface area contributed by atoms with Crippen molar-refractivity contribution in [3.05, 3.63) is 75.8 Å². The standard InChI is InChI=1S/C29H33F3N6O/c1-17(2)37-26(39)20-16-33-24(35-19-10-11-21-18(14-19)12-13-34-28(21,5)6)15-22(20)38(37)25-9-7-8-23(36-25)27(3,4)29(30,31)32/h7-11,14-17,34H,12-13H2,1-6H3,(H,33,35). The average molecular weight is 539 g/mol. The number of alkyl halides is 3. The van der Waals surface area contributed by atoms with Gasteiger partial charge in [-0.2, -0.15) is 13.2 Å². The molecule has 4 aromatic rings. The Balaban J connectivity index is 1.62. The van der Waals surface area contributed by atoms with Crippen LogP contribution in [0, 0.1) is 0 Å². The minimum absolute atomic E-state index is 0.110.